The van der Waals surface area contributed by atoms with Crippen molar-refractivity contribution in [2.75, 3.05) is 13.2 Å². The molecule has 110 valence electrons. The maximum absolute atomic E-state index is 12.2. The van der Waals surface area contributed by atoms with Crippen LogP contribution in [0.5, 0.6) is 5.75 Å². The second-order valence-electron chi connectivity index (χ2n) is 4.98. The van der Waals surface area contributed by atoms with E-state index in [9.17, 15) is 4.79 Å². The Balaban J connectivity index is 1.70. The van der Waals surface area contributed by atoms with Gasteiger partial charge in [0.25, 0.3) is 5.91 Å². The van der Waals surface area contributed by atoms with Crippen molar-refractivity contribution in [1.82, 2.24) is 20.4 Å². The van der Waals surface area contributed by atoms with Gasteiger partial charge in [-0.25, -0.2) is 0 Å². The van der Waals surface area contributed by atoms with E-state index in [0.29, 0.717) is 18.7 Å². The van der Waals surface area contributed by atoms with Crippen molar-refractivity contribution in [3.63, 3.8) is 0 Å². The van der Waals surface area contributed by atoms with E-state index in [1.807, 2.05) is 25.2 Å². The Bertz CT molecular complexity index is 651. The van der Waals surface area contributed by atoms with Crippen LogP contribution in [0.1, 0.15) is 21.6 Å². The summed E-state index contributed by atoms with van der Waals surface area (Å²) in [7, 11) is 1.85. The van der Waals surface area contributed by atoms with Crippen LogP contribution in [0.2, 0.25) is 0 Å². The van der Waals surface area contributed by atoms with E-state index in [4.69, 9.17) is 4.74 Å². The first-order chi connectivity index (χ1) is 10.2. The lowest BCUT2D eigenvalue weighted by Gasteiger charge is -2.10. The quantitative estimate of drug-likeness (QED) is 0.877. The Hall–Kier alpha value is -2.34. The van der Waals surface area contributed by atoms with Gasteiger partial charge in [0.05, 0.1) is 12.2 Å². The fourth-order valence-corrected chi connectivity index (χ4v) is 2.28. The number of rotatable bonds is 3. The van der Waals surface area contributed by atoms with Gasteiger partial charge in [-0.15, -0.1) is 0 Å². The lowest BCUT2D eigenvalue weighted by molar-refractivity contribution is 0.0949. The Morgan fingerprint density at radius 3 is 3.19 bits per heavy atom. The molecule has 6 heteroatoms. The number of aromatic nitrogens is 2. The zero-order valence-corrected chi connectivity index (χ0v) is 11.9. The van der Waals surface area contributed by atoms with Gasteiger partial charge >= 0.3 is 0 Å². The molecule has 1 aliphatic rings. The minimum atomic E-state index is -0.111. The molecule has 21 heavy (non-hydrogen) atoms. The van der Waals surface area contributed by atoms with Crippen LogP contribution in [0.3, 0.4) is 0 Å². The van der Waals surface area contributed by atoms with E-state index >= 15 is 0 Å². The molecule has 1 aliphatic heterocycles. The zero-order valence-electron chi connectivity index (χ0n) is 11.9. The van der Waals surface area contributed by atoms with Crippen LogP contribution in [0.4, 0.5) is 0 Å². The number of ether oxygens (including phenoxy) is 1. The van der Waals surface area contributed by atoms with Crippen LogP contribution < -0.4 is 15.4 Å². The molecule has 2 N–H and O–H groups in total. The van der Waals surface area contributed by atoms with Gasteiger partial charge in [-0.1, -0.05) is 6.07 Å². The van der Waals surface area contributed by atoms with Gasteiger partial charge in [0, 0.05) is 37.5 Å². The Labute approximate surface area is 123 Å². The Morgan fingerprint density at radius 2 is 2.38 bits per heavy atom. The summed E-state index contributed by atoms with van der Waals surface area (Å²) in [6.45, 7) is 2.66. The van der Waals surface area contributed by atoms with Crippen LogP contribution in [0, 0.1) is 0 Å². The van der Waals surface area contributed by atoms with E-state index in [2.05, 4.69) is 15.7 Å². The van der Waals surface area contributed by atoms with E-state index in [0.717, 1.165) is 30.1 Å². The average Bonchev–Trinajstić information content (AvgIpc) is 2.76. The lowest BCUT2D eigenvalue weighted by Crippen LogP contribution is -2.24. The molecule has 2 aromatic rings. The largest absolute Gasteiger partial charge is 0.492 e. The molecular weight excluding hydrogens is 268 g/mol. The molecule has 0 atom stereocenters. The van der Waals surface area contributed by atoms with Crippen LogP contribution in [0.15, 0.2) is 30.5 Å². The number of aryl methyl sites for hydroxylation is 1. The predicted octanol–water partition coefficient (Wildman–Crippen LogP) is 0.832. The van der Waals surface area contributed by atoms with Crippen molar-refractivity contribution in [3.05, 3.63) is 47.3 Å². The van der Waals surface area contributed by atoms with Gasteiger partial charge in [-0.2, -0.15) is 5.10 Å². The van der Waals surface area contributed by atoms with Crippen LogP contribution in [-0.2, 0) is 20.1 Å². The Kier molecular flexibility index (Phi) is 3.87. The van der Waals surface area contributed by atoms with Gasteiger partial charge in [0.2, 0.25) is 0 Å². The highest BCUT2D eigenvalue weighted by molar-refractivity contribution is 5.94. The molecule has 0 fully saturated rings. The number of amides is 1. The molecule has 1 aromatic carbocycles. The summed E-state index contributed by atoms with van der Waals surface area (Å²) >= 11 is 0. The van der Waals surface area contributed by atoms with Crippen molar-refractivity contribution in [1.29, 1.82) is 0 Å². The molecule has 0 saturated heterocycles. The van der Waals surface area contributed by atoms with Crippen molar-refractivity contribution in [3.8, 4) is 5.75 Å². The van der Waals surface area contributed by atoms with Crippen LogP contribution in [-0.4, -0.2) is 28.8 Å². The molecule has 0 radical (unpaired) electrons. The second-order valence-corrected chi connectivity index (χ2v) is 4.98. The maximum atomic E-state index is 12.2. The standard InChI is InChI=1S/C15H18N4O2/c1-19-13(4-5-18-19)10-17-15(20)11-2-3-12-9-16-6-7-21-14(12)8-11/h2-5,8,16H,6-7,9-10H2,1H3,(H,17,20). The van der Waals surface area contributed by atoms with E-state index in [1.54, 1.807) is 16.9 Å². The number of fused-ring (bicyclic) bond motifs is 1. The Morgan fingerprint density at radius 1 is 1.48 bits per heavy atom. The van der Waals surface area contributed by atoms with E-state index in [1.165, 1.54) is 0 Å². The summed E-state index contributed by atoms with van der Waals surface area (Å²) in [5, 5.41) is 10.2. The molecule has 3 rings (SSSR count). The third-order valence-corrected chi connectivity index (χ3v) is 3.53. The fourth-order valence-electron chi connectivity index (χ4n) is 2.28. The van der Waals surface area contributed by atoms with Crippen molar-refractivity contribution >= 4 is 5.91 Å². The molecule has 0 bridgehead atoms. The molecule has 2 heterocycles. The molecule has 0 spiro atoms. The highest BCUT2D eigenvalue weighted by atomic mass is 16.5. The highest BCUT2D eigenvalue weighted by Gasteiger charge is 2.13. The summed E-state index contributed by atoms with van der Waals surface area (Å²) in [6, 6.07) is 7.45. The van der Waals surface area contributed by atoms with Gasteiger partial charge in [0.15, 0.2) is 0 Å². The first kappa shape index (κ1) is 13.6. The number of nitrogens with one attached hydrogen (secondary N) is 2. The van der Waals surface area contributed by atoms with Crippen molar-refractivity contribution < 1.29 is 9.53 Å². The summed E-state index contributed by atoms with van der Waals surface area (Å²) < 4.78 is 7.39. The predicted molar refractivity (Wildman–Crippen MR) is 78.0 cm³/mol. The zero-order chi connectivity index (χ0) is 14.7. The van der Waals surface area contributed by atoms with Crippen LogP contribution >= 0.6 is 0 Å². The topological polar surface area (TPSA) is 68.2 Å². The van der Waals surface area contributed by atoms with Crippen molar-refractivity contribution in [2.24, 2.45) is 7.05 Å². The van der Waals surface area contributed by atoms with Crippen LogP contribution in [0.25, 0.3) is 0 Å². The first-order valence-electron chi connectivity index (χ1n) is 6.95. The SMILES string of the molecule is Cn1nccc1CNC(=O)c1ccc2c(c1)OCCNC2. The van der Waals surface area contributed by atoms with Gasteiger partial charge in [0.1, 0.15) is 12.4 Å². The highest BCUT2D eigenvalue weighted by Crippen LogP contribution is 2.22. The first-order valence-corrected chi connectivity index (χ1v) is 6.95. The number of carbonyl (C=O) groups excluding carboxylic acids is 1. The molecule has 6 nitrogen and oxygen atoms in total. The minimum Gasteiger partial charge on any atom is -0.492 e. The molecule has 0 saturated carbocycles. The molecule has 1 aromatic heterocycles. The molecule has 0 aliphatic carbocycles. The summed E-state index contributed by atoms with van der Waals surface area (Å²) in [5.74, 6) is 0.674. The third-order valence-electron chi connectivity index (χ3n) is 3.53. The fraction of sp³-hybridized carbons (Fsp3) is 0.333. The average molecular weight is 286 g/mol. The van der Waals surface area contributed by atoms with Gasteiger partial charge < -0.3 is 15.4 Å². The number of hydrogen-bond acceptors (Lipinski definition) is 4. The number of carbonyl (C=O) groups is 1. The third kappa shape index (κ3) is 3.05. The number of benzene rings is 1. The summed E-state index contributed by atoms with van der Waals surface area (Å²) in [6.07, 6.45) is 1.71. The normalized spacial score (nSPS) is 14.0. The number of nitrogens with zero attached hydrogens (tertiary/aromatic N) is 2. The second kappa shape index (κ2) is 5.97. The van der Waals surface area contributed by atoms with Gasteiger partial charge in [-0.3, -0.25) is 9.48 Å². The molecular formula is C15H18N4O2. The maximum Gasteiger partial charge on any atom is 0.251 e. The summed E-state index contributed by atoms with van der Waals surface area (Å²) in [5.41, 5.74) is 2.65. The summed E-state index contributed by atoms with van der Waals surface area (Å²) in [4.78, 5) is 12.2. The lowest BCUT2D eigenvalue weighted by atomic mass is 10.1. The molecule has 0 unspecified atom stereocenters. The van der Waals surface area contributed by atoms with E-state index < -0.39 is 0 Å². The molecule has 1 amide bonds. The smallest absolute Gasteiger partial charge is 0.251 e. The van der Waals surface area contributed by atoms with Crippen molar-refractivity contribution in [2.45, 2.75) is 13.1 Å². The van der Waals surface area contributed by atoms with E-state index in [-0.39, 0.29) is 5.91 Å². The number of hydrogen-bond donors (Lipinski definition) is 2. The minimum absolute atomic E-state index is 0.111. The monoisotopic (exact) mass is 286 g/mol. The van der Waals surface area contributed by atoms with Gasteiger partial charge in [-0.05, 0) is 18.2 Å².